The van der Waals surface area contributed by atoms with E-state index in [1.165, 1.54) is 0 Å². The van der Waals surface area contributed by atoms with Crippen molar-refractivity contribution in [2.24, 2.45) is 0 Å². The monoisotopic (exact) mass is 381 g/mol. The summed E-state index contributed by atoms with van der Waals surface area (Å²) in [4.78, 5) is 14.4. The number of sulfonamides is 1. The molecule has 1 aromatic carbocycles. The Morgan fingerprint density at radius 3 is 2.12 bits per heavy atom. The molecule has 6 nitrogen and oxygen atoms in total. The van der Waals surface area contributed by atoms with Crippen LogP contribution in [-0.2, 0) is 10.0 Å². The van der Waals surface area contributed by atoms with E-state index in [9.17, 15) is 13.2 Å². The van der Waals surface area contributed by atoms with Gasteiger partial charge in [-0.05, 0) is 49.9 Å². The van der Waals surface area contributed by atoms with E-state index >= 15 is 0 Å². The second-order valence-corrected chi connectivity index (χ2v) is 9.86. The van der Waals surface area contributed by atoms with E-state index in [2.05, 4.69) is 37.7 Å². The molecule has 1 aliphatic rings. The van der Waals surface area contributed by atoms with E-state index in [0.717, 1.165) is 28.9 Å². The topological polar surface area (TPSA) is 78.5 Å². The Morgan fingerprint density at radius 2 is 1.69 bits per heavy atom. The predicted octanol–water partition coefficient (Wildman–Crippen LogP) is 3.40. The summed E-state index contributed by atoms with van der Waals surface area (Å²) in [6.07, 6.45) is 0.540. The second-order valence-electron chi connectivity index (χ2n) is 7.90. The molecular formula is C19H31N3O3S. The van der Waals surface area contributed by atoms with Gasteiger partial charge < -0.3 is 10.2 Å². The molecule has 146 valence electrons. The number of amides is 2. The highest BCUT2D eigenvalue weighted by Crippen LogP contribution is 2.33. The predicted molar refractivity (Wildman–Crippen MR) is 106 cm³/mol. The number of nitrogens with zero attached hydrogens (tertiary/aromatic N) is 1. The molecule has 26 heavy (non-hydrogen) atoms. The fraction of sp³-hybridized carbons (Fsp3) is 0.632. The molecule has 2 amide bonds. The van der Waals surface area contributed by atoms with Gasteiger partial charge in [-0.15, -0.1) is 0 Å². The van der Waals surface area contributed by atoms with Gasteiger partial charge >= 0.3 is 6.03 Å². The fourth-order valence-electron chi connectivity index (χ4n) is 3.40. The highest BCUT2D eigenvalue weighted by atomic mass is 32.2. The number of urea groups is 1. The summed E-state index contributed by atoms with van der Waals surface area (Å²) in [6.45, 7) is 11.4. The molecule has 1 aromatic rings. The molecule has 0 bridgehead atoms. The number of likely N-dealkylation sites (tertiary alicyclic amines) is 1. The Kier molecular flexibility index (Phi) is 6.34. The van der Waals surface area contributed by atoms with Crippen LogP contribution in [0.15, 0.2) is 12.1 Å². The summed E-state index contributed by atoms with van der Waals surface area (Å²) in [5.74, 6) is 0.422. The van der Waals surface area contributed by atoms with Crippen LogP contribution in [0, 0.1) is 6.92 Å². The van der Waals surface area contributed by atoms with Gasteiger partial charge in [-0.1, -0.05) is 45.4 Å². The van der Waals surface area contributed by atoms with Crippen molar-refractivity contribution >= 4 is 21.7 Å². The summed E-state index contributed by atoms with van der Waals surface area (Å²) < 4.78 is 27.2. The minimum absolute atomic E-state index is 0.211. The van der Waals surface area contributed by atoms with E-state index in [1.54, 1.807) is 0 Å². The Hall–Kier alpha value is -1.60. The van der Waals surface area contributed by atoms with Crippen LogP contribution in [0.3, 0.4) is 0 Å². The number of anilines is 1. The number of aryl methyl sites for hydroxylation is 1. The van der Waals surface area contributed by atoms with Crippen molar-refractivity contribution in [3.63, 3.8) is 0 Å². The van der Waals surface area contributed by atoms with E-state index in [0.29, 0.717) is 13.0 Å². The summed E-state index contributed by atoms with van der Waals surface area (Å²) in [7, 11) is -1.81. The quantitative estimate of drug-likeness (QED) is 0.819. The maximum Gasteiger partial charge on any atom is 0.332 e. The van der Waals surface area contributed by atoms with Crippen LogP contribution < -0.4 is 10.0 Å². The first-order valence-electron chi connectivity index (χ1n) is 9.16. The SMILES string of the molecule is Cc1cc(C(C)C)c(NC(=O)NS(=O)(=O)C2CCN(C)C2)c(C(C)C)c1. The molecule has 1 saturated heterocycles. The number of carbonyl (C=O) groups excluding carboxylic acids is 1. The molecule has 2 rings (SSSR count). The zero-order chi connectivity index (χ0) is 19.6. The Morgan fingerprint density at radius 1 is 1.15 bits per heavy atom. The van der Waals surface area contributed by atoms with Crippen LogP contribution in [0.4, 0.5) is 10.5 Å². The van der Waals surface area contributed by atoms with Gasteiger partial charge in [0.2, 0.25) is 10.0 Å². The van der Waals surface area contributed by atoms with E-state index in [-0.39, 0.29) is 11.8 Å². The second kappa shape index (κ2) is 7.96. The van der Waals surface area contributed by atoms with Crippen LogP contribution in [0.5, 0.6) is 0 Å². The summed E-state index contributed by atoms with van der Waals surface area (Å²) in [6, 6.07) is 3.41. The van der Waals surface area contributed by atoms with Gasteiger partial charge in [0.1, 0.15) is 0 Å². The van der Waals surface area contributed by atoms with Gasteiger partial charge in [-0.25, -0.2) is 17.9 Å². The maximum atomic E-state index is 12.5. The first-order chi connectivity index (χ1) is 12.0. The van der Waals surface area contributed by atoms with Crippen molar-refractivity contribution < 1.29 is 13.2 Å². The minimum Gasteiger partial charge on any atom is -0.307 e. The van der Waals surface area contributed by atoms with Crippen LogP contribution in [-0.4, -0.2) is 44.7 Å². The molecule has 0 spiro atoms. The molecule has 1 heterocycles. The van der Waals surface area contributed by atoms with E-state index < -0.39 is 21.3 Å². The Labute approximate surface area is 157 Å². The molecule has 0 radical (unpaired) electrons. The van der Waals surface area contributed by atoms with Crippen LogP contribution in [0.2, 0.25) is 0 Å². The largest absolute Gasteiger partial charge is 0.332 e. The van der Waals surface area contributed by atoms with Gasteiger partial charge in [0.05, 0.1) is 5.25 Å². The maximum absolute atomic E-state index is 12.5. The highest BCUT2D eigenvalue weighted by Gasteiger charge is 2.33. The molecule has 0 saturated carbocycles. The van der Waals surface area contributed by atoms with Crippen molar-refractivity contribution in [2.45, 2.75) is 58.1 Å². The van der Waals surface area contributed by atoms with Gasteiger partial charge in [0.25, 0.3) is 0 Å². The average molecular weight is 382 g/mol. The number of hydrogen-bond acceptors (Lipinski definition) is 4. The van der Waals surface area contributed by atoms with Crippen molar-refractivity contribution in [1.82, 2.24) is 9.62 Å². The first-order valence-corrected chi connectivity index (χ1v) is 10.7. The molecule has 1 atom stereocenters. The first kappa shape index (κ1) is 20.7. The summed E-state index contributed by atoms with van der Waals surface area (Å²) >= 11 is 0. The van der Waals surface area contributed by atoms with Gasteiger partial charge in [0, 0.05) is 12.2 Å². The lowest BCUT2D eigenvalue weighted by Gasteiger charge is -2.22. The van der Waals surface area contributed by atoms with Gasteiger partial charge in [-0.2, -0.15) is 0 Å². The molecule has 7 heteroatoms. The smallest absolute Gasteiger partial charge is 0.307 e. The lowest BCUT2D eigenvalue weighted by Crippen LogP contribution is -2.41. The van der Waals surface area contributed by atoms with Crippen molar-refractivity contribution in [3.05, 3.63) is 28.8 Å². The molecule has 1 aliphatic heterocycles. The zero-order valence-electron chi connectivity index (χ0n) is 16.6. The van der Waals surface area contributed by atoms with Crippen molar-refractivity contribution in [2.75, 3.05) is 25.5 Å². The number of nitrogens with one attached hydrogen (secondary N) is 2. The number of carbonyl (C=O) groups is 1. The van der Waals surface area contributed by atoms with Crippen LogP contribution >= 0.6 is 0 Å². The third kappa shape index (κ3) is 4.76. The molecular weight excluding hydrogens is 350 g/mol. The van der Waals surface area contributed by atoms with Crippen molar-refractivity contribution in [1.29, 1.82) is 0 Å². The van der Waals surface area contributed by atoms with Gasteiger partial charge in [0.15, 0.2) is 0 Å². The van der Waals surface area contributed by atoms with E-state index in [4.69, 9.17) is 0 Å². The molecule has 0 aromatic heterocycles. The zero-order valence-corrected chi connectivity index (χ0v) is 17.4. The third-order valence-electron chi connectivity index (χ3n) is 4.85. The molecule has 1 unspecified atom stereocenters. The molecule has 2 N–H and O–H groups in total. The number of benzene rings is 1. The Balaban J connectivity index is 2.25. The highest BCUT2D eigenvalue weighted by molar-refractivity contribution is 7.90. The third-order valence-corrected chi connectivity index (χ3v) is 6.58. The average Bonchev–Trinajstić information content (AvgIpc) is 2.95. The van der Waals surface area contributed by atoms with Crippen molar-refractivity contribution in [3.8, 4) is 0 Å². The molecule has 1 fully saturated rings. The van der Waals surface area contributed by atoms with E-state index in [1.807, 2.05) is 31.0 Å². The number of hydrogen-bond donors (Lipinski definition) is 2. The summed E-state index contributed by atoms with van der Waals surface area (Å²) in [5, 5.41) is 2.27. The standard InChI is InChI=1S/C19H31N3O3S/c1-12(2)16-9-14(5)10-17(13(3)4)18(16)20-19(23)21-26(24,25)15-7-8-22(6)11-15/h9-10,12-13,15H,7-8,11H2,1-6H3,(H2,20,21,23). The van der Waals surface area contributed by atoms with Crippen LogP contribution in [0.25, 0.3) is 0 Å². The Bertz CT molecular complexity index is 743. The lowest BCUT2D eigenvalue weighted by atomic mass is 9.90. The van der Waals surface area contributed by atoms with Crippen LogP contribution in [0.1, 0.15) is 62.6 Å². The normalized spacial score (nSPS) is 18.5. The molecule has 0 aliphatic carbocycles. The lowest BCUT2D eigenvalue weighted by molar-refractivity contribution is 0.256. The minimum atomic E-state index is -3.69. The summed E-state index contributed by atoms with van der Waals surface area (Å²) in [5.41, 5.74) is 3.88. The fourth-order valence-corrected chi connectivity index (χ4v) is 4.74. The number of rotatable bonds is 5. The van der Waals surface area contributed by atoms with Gasteiger partial charge in [-0.3, -0.25) is 0 Å².